The molecule has 0 rings (SSSR count). The fourth-order valence-electron chi connectivity index (χ4n) is 4.65. The largest absolute Gasteiger partial charge is 0.0654 e. The summed E-state index contributed by atoms with van der Waals surface area (Å²) in [6.07, 6.45) is 33.7. The molecule has 0 heteroatoms. The highest BCUT2D eigenvalue weighted by Gasteiger charge is 2.11. The van der Waals surface area contributed by atoms with Crippen LogP contribution in [0.3, 0.4) is 0 Å². The van der Waals surface area contributed by atoms with Crippen LogP contribution in [0.25, 0.3) is 0 Å². The lowest BCUT2D eigenvalue weighted by Gasteiger charge is -2.19. The third-order valence-electron chi connectivity index (χ3n) is 7.25. The van der Waals surface area contributed by atoms with Crippen LogP contribution in [0.4, 0.5) is 0 Å². The third kappa shape index (κ3) is 22.5. The molecular weight excluding hydrogens is 348 g/mol. The van der Waals surface area contributed by atoms with E-state index in [0.29, 0.717) is 0 Å². The first-order valence-electron chi connectivity index (χ1n) is 14.2. The first-order valence-corrected chi connectivity index (χ1v) is 14.2. The third-order valence-corrected chi connectivity index (χ3v) is 7.25. The van der Waals surface area contributed by atoms with Gasteiger partial charge in [0.25, 0.3) is 0 Å². The van der Waals surface area contributed by atoms with E-state index in [1.807, 2.05) is 0 Å². The first-order chi connectivity index (χ1) is 14.2. The molecule has 29 heavy (non-hydrogen) atoms. The lowest BCUT2D eigenvalue weighted by atomic mass is 9.87. The van der Waals surface area contributed by atoms with Gasteiger partial charge < -0.3 is 0 Å². The minimum absolute atomic E-state index is 0.937. The van der Waals surface area contributed by atoms with Crippen molar-refractivity contribution in [2.24, 2.45) is 11.8 Å². The SMILES string of the molecule is CCCCCCCCCCCCCCCCCCCC[C@H](C)[C@H](C)CCCCC. The molecule has 0 spiro atoms. The molecule has 0 saturated carbocycles. The van der Waals surface area contributed by atoms with Crippen molar-refractivity contribution < 1.29 is 0 Å². The van der Waals surface area contributed by atoms with Gasteiger partial charge in [-0.1, -0.05) is 175 Å². The summed E-state index contributed by atoms with van der Waals surface area (Å²) in [5, 5.41) is 0. The molecule has 0 heterocycles. The van der Waals surface area contributed by atoms with Crippen molar-refractivity contribution in [2.75, 3.05) is 0 Å². The summed E-state index contributed by atoms with van der Waals surface area (Å²) in [5.74, 6) is 1.88. The summed E-state index contributed by atoms with van der Waals surface area (Å²) in [5.41, 5.74) is 0. The van der Waals surface area contributed by atoms with Gasteiger partial charge in [-0.25, -0.2) is 0 Å². The van der Waals surface area contributed by atoms with E-state index in [9.17, 15) is 0 Å². The minimum Gasteiger partial charge on any atom is -0.0654 e. The summed E-state index contributed by atoms with van der Waals surface area (Å²) in [6, 6.07) is 0. The molecular formula is C29H60. The van der Waals surface area contributed by atoms with E-state index in [1.54, 1.807) is 0 Å². The van der Waals surface area contributed by atoms with Crippen LogP contribution in [0.1, 0.15) is 175 Å². The predicted molar refractivity (Wildman–Crippen MR) is 136 cm³/mol. The highest BCUT2D eigenvalue weighted by Crippen LogP contribution is 2.24. The molecule has 0 radical (unpaired) electrons. The van der Waals surface area contributed by atoms with Gasteiger partial charge >= 0.3 is 0 Å². The molecule has 0 saturated heterocycles. The fraction of sp³-hybridized carbons (Fsp3) is 1.00. The van der Waals surface area contributed by atoms with Gasteiger partial charge in [0.05, 0.1) is 0 Å². The van der Waals surface area contributed by atoms with Gasteiger partial charge in [-0.05, 0) is 11.8 Å². The quantitative estimate of drug-likeness (QED) is 0.139. The van der Waals surface area contributed by atoms with Gasteiger partial charge in [0, 0.05) is 0 Å². The Kier molecular flexibility index (Phi) is 24.3. The van der Waals surface area contributed by atoms with Crippen molar-refractivity contribution >= 4 is 0 Å². The van der Waals surface area contributed by atoms with Crippen LogP contribution in [0.15, 0.2) is 0 Å². The van der Waals surface area contributed by atoms with Crippen LogP contribution < -0.4 is 0 Å². The monoisotopic (exact) mass is 408 g/mol. The molecule has 0 nitrogen and oxygen atoms in total. The second-order valence-corrected chi connectivity index (χ2v) is 10.2. The molecule has 0 aliphatic heterocycles. The molecule has 0 aromatic rings. The molecule has 176 valence electrons. The normalized spacial score (nSPS) is 13.7. The van der Waals surface area contributed by atoms with Crippen molar-refractivity contribution in [1.82, 2.24) is 0 Å². The molecule has 0 amide bonds. The summed E-state index contributed by atoms with van der Waals surface area (Å²) in [4.78, 5) is 0. The molecule has 0 aliphatic carbocycles. The average Bonchev–Trinajstić information content (AvgIpc) is 2.72. The molecule has 0 bridgehead atoms. The van der Waals surface area contributed by atoms with Crippen LogP contribution in [0.5, 0.6) is 0 Å². The summed E-state index contributed by atoms with van der Waals surface area (Å²) >= 11 is 0. The minimum atomic E-state index is 0.937. The summed E-state index contributed by atoms with van der Waals surface area (Å²) in [6.45, 7) is 9.59. The number of hydrogen-bond donors (Lipinski definition) is 0. The predicted octanol–water partition coefficient (Wildman–Crippen LogP) is 11.3. The molecule has 0 unspecified atom stereocenters. The van der Waals surface area contributed by atoms with Gasteiger partial charge in [0.1, 0.15) is 0 Å². The van der Waals surface area contributed by atoms with Crippen LogP contribution in [-0.4, -0.2) is 0 Å². The highest BCUT2D eigenvalue weighted by atomic mass is 14.2. The van der Waals surface area contributed by atoms with Gasteiger partial charge in [0.2, 0.25) is 0 Å². The van der Waals surface area contributed by atoms with Crippen molar-refractivity contribution in [3.63, 3.8) is 0 Å². The van der Waals surface area contributed by atoms with Crippen LogP contribution in [-0.2, 0) is 0 Å². The van der Waals surface area contributed by atoms with Gasteiger partial charge in [-0.15, -0.1) is 0 Å². The second-order valence-electron chi connectivity index (χ2n) is 10.2. The van der Waals surface area contributed by atoms with Gasteiger partial charge in [0.15, 0.2) is 0 Å². The zero-order chi connectivity index (χ0) is 21.4. The topological polar surface area (TPSA) is 0 Å². The number of unbranched alkanes of at least 4 members (excludes halogenated alkanes) is 19. The Labute approximate surface area is 187 Å². The maximum absolute atomic E-state index is 2.49. The average molecular weight is 409 g/mol. The maximum Gasteiger partial charge on any atom is -0.0417 e. The summed E-state index contributed by atoms with van der Waals surface area (Å²) < 4.78 is 0. The zero-order valence-electron chi connectivity index (χ0n) is 21.4. The van der Waals surface area contributed by atoms with Crippen molar-refractivity contribution in [3.8, 4) is 0 Å². The molecule has 0 N–H and O–H groups in total. The molecule has 0 aromatic carbocycles. The molecule has 0 aromatic heterocycles. The Morgan fingerprint density at radius 2 is 0.517 bits per heavy atom. The molecule has 0 fully saturated rings. The molecule has 0 aliphatic rings. The van der Waals surface area contributed by atoms with E-state index in [-0.39, 0.29) is 0 Å². The van der Waals surface area contributed by atoms with Gasteiger partial charge in [-0.3, -0.25) is 0 Å². The van der Waals surface area contributed by atoms with Crippen molar-refractivity contribution in [1.29, 1.82) is 0 Å². The van der Waals surface area contributed by atoms with E-state index in [1.165, 1.54) is 148 Å². The van der Waals surface area contributed by atoms with Crippen molar-refractivity contribution in [2.45, 2.75) is 175 Å². The van der Waals surface area contributed by atoms with Crippen LogP contribution >= 0.6 is 0 Å². The Hall–Kier alpha value is 0. The fourth-order valence-corrected chi connectivity index (χ4v) is 4.65. The first kappa shape index (κ1) is 29.0. The lowest BCUT2D eigenvalue weighted by Crippen LogP contribution is -2.08. The van der Waals surface area contributed by atoms with Crippen LogP contribution in [0, 0.1) is 11.8 Å². The van der Waals surface area contributed by atoms with E-state index in [0.717, 1.165) is 11.8 Å². The van der Waals surface area contributed by atoms with Crippen LogP contribution in [0.2, 0.25) is 0 Å². The number of rotatable bonds is 24. The van der Waals surface area contributed by atoms with Gasteiger partial charge in [-0.2, -0.15) is 0 Å². The second kappa shape index (κ2) is 24.3. The Balaban J connectivity index is 3.16. The van der Waals surface area contributed by atoms with E-state index >= 15 is 0 Å². The number of hydrogen-bond acceptors (Lipinski definition) is 0. The summed E-state index contributed by atoms with van der Waals surface area (Å²) in [7, 11) is 0. The van der Waals surface area contributed by atoms with E-state index in [2.05, 4.69) is 27.7 Å². The van der Waals surface area contributed by atoms with Crippen molar-refractivity contribution in [3.05, 3.63) is 0 Å². The maximum atomic E-state index is 2.49. The standard InChI is InChI=1S/C29H60/c1-5-7-9-10-11-12-13-14-15-16-17-18-19-20-21-22-23-25-27-29(4)28(3)26-24-8-6-2/h28-29H,5-27H2,1-4H3/t28-,29+/m1/s1. The Morgan fingerprint density at radius 3 is 0.828 bits per heavy atom. The Bertz CT molecular complexity index is 282. The molecule has 2 atom stereocenters. The van der Waals surface area contributed by atoms with E-state index in [4.69, 9.17) is 0 Å². The smallest absolute Gasteiger partial charge is 0.0417 e. The lowest BCUT2D eigenvalue weighted by molar-refractivity contribution is 0.323. The highest BCUT2D eigenvalue weighted by molar-refractivity contribution is 4.63. The van der Waals surface area contributed by atoms with E-state index < -0.39 is 0 Å². The zero-order valence-corrected chi connectivity index (χ0v) is 21.4. The Morgan fingerprint density at radius 1 is 0.310 bits per heavy atom.